The first-order valence-electron chi connectivity index (χ1n) is 7.01. The van der Waals surface area contributed by atoms with Gasteiger partial charge in [0.15, 0.2) is 5.78 Å². The molecule has 0 atom stereocenters. The number of ketones is 1. The number of anilines is 1. The van der Waals surface area contributed by atoms with E-state index in [0.29, 0.717) is 5.56 Å². The number of amides is 1. The summed E-state index contributed by atoms with van der Waals surface area (Å²) in [6, 6.07) is 16.8. The van der Waals surface area contributed by atoms with E-state index in [-0.39, 0.29) is 18.2 Å². The average molecular weight is 279 g/mol. The first-order valence-corrected chi connectivity index (χ1v) is 7.01. The highest BCUT2D eigenvalue weighted by molar-refractivity contribution is 6.12. The van der Waals surface area contributed by atoms with E-state index in [0.717, 1.165) is 11.3 Å². The van der Waals surface area contributed by atoms with Crippen molar-refractivity contribution in [3.05, 3.63) is 65.7 Å². The van der Waals surface area contributed by atoms with Gasteiger partial charge in [0.05, 0.1) is 12.0 Å². The number of hydrogen-bond donors (Lipinski definition) is 0. The molecule has 21 heavy (non-hydrogen) atoms. The molecule has 0 saturated carbocycles. The van der Waals surface area contributed by atoms with Crippen LogP contribution < -0.4 is 4.90 Å². The van der Waals surface area contributed by atoms with Gasteiger partial charge in [0, 0.05) is 11.3 Å². The van der Waals surface area contributed by atoms with Crippen molar-refractivity contribution >= 4 is 17.4 Å². The molecule has 0 radical (unpaired) electrons. The van der Waals surface area contributed by atoms with E-state index in [2.05, 4.69) is 0 Å². The summed E-state index contributed by atoms with van der Waals surface area (Å²) in [5.41, 5.74) is 1.88. The molecule has 1 aliphatic heterocycles. The molecule has 3 heteroatoms. The fraction of sp³-hybridized carbons (Fsp3) is 0.222. The Bertz CT molecular complexity index is 704. The molecule has 2 aromatic rings. The number of rotatable bonds is 3. The fourth-order valence-corrected chi connectivity index (χ4v) is 2.82. The van der Waals surface area contributed by atoms with Crippen molar-refractivity contribution in [2.75, 3.05) is 11.4 Å². The van der Waals surface area contributed by atoms with E-state index in [4.69, 9.17) is 0 Å². The molecule has 0 aliphatic carbocycles. The van der Waals surface area contributed by atoms with Crippen LogP contribution in [0.3, 0.4) is 0 Å². The highest BCUT2D eigenvalue weighted by Crippen LogP contribution is 2.41. The second-order valence-corrected chi connectivity index (χ2v) is 5.82. The van der Waals surface area contributed by atoms with Gasteiger partial charge in [-0.25, -0.2) is 0 Å². The van der Waals surface area contributed by atoms with Crippen LogP contribution in [-0.4, -0.2) is 18.2 Å². The van der Waals surface area contributed by atoms with Crippen LogP contribution in [0.5, 0.6) is 0 Å². The van der Waals surface area contributed by atoms with Gasteiger partial charge in [-0.05, 0) is 25.5 Å². The van der Waals surface area contributed by atoms with Crippen molar-refractivity contribution in [1.82, 2.24) is 0 Å². The summed E-state index contributed by atoms with van der Waals surface area (Å²) in [7, 11) is 0. The van der Waals surface area contributed by atoms with Crippen LogP contribution in [0.2, 0.25) is 0 Å². The van der Waals surface area contributed by atoms with Gasteiger partial charge >= 0.3 is 0 Å². The lowest BCUT2D eigenvalue weighted by atomic mass is 9.86. The van der Waals surface area contributed by atoms with Crippen molar-refractivity contribution in [2.45, 2.75) is 19.3 Å². The largest absolute Gasteiger partial charge is 0.304 e. The zero-order valence-corrected chi connectivity index (χ0v) is 12.2. The van der Waals surface area contributed by atoms with E-state index in [1.165, 1.54) is 0 Å². The maximum atomic E-state index is 12.6. The van der Waals surface area contributed by atoms with Crippen molar-refractivity contribution in [1.29, 1.82) is 0 Å². The van der Waals surface area contributed by atoms with E-state index >= 15 is 0 Å². The molecule has 0 aromatic heterocycles. The molecule has 0 bridgehead atoms. The Balaban J connectivity index is 1.94. The third kappa shape index (κ3) is 2.15. The predicted octanol–water partition coefficient (Wildman–Crippen LogP) is 3.19. The molecule has 1 heterocycles. The molecule has 1 amide bonds. The number of carbonyl (C=O) groups excluding carboxylic acids is 2. The van der Waals surface area contributed by atoms with Crippen molar-refractivity contribution in [2.24, 2.45) is 0 Å². The number of carbonyl (C=O) groups is 2. The Morgan fingerprint density at radius 2 is 1.62 bits per heavy atom. The van der Waals surface area contributed by atoms with Crippen LogP contribution in [0, 0.1) is 0 Å². The molecular formula is C18H17NO2. The normalized spacial score (nSPS) is 15.9. The lowest BCUT2D eigenvalue weighted by Gasteiger charge is -2.19. The average Bonchev–Trinajstić information content (AvgIpc) is 2.70. The maximum Gasteiger partial charge on any atom is 0.237 e. The smallest absolute Gasteiger partial charge is 0.237 e. The quantitative estimate of drug-likeness (QED) is 0.809. The van der Waals surface area contributed by atoms with Crippen molar-refractivity contribution in [3.63, 3.8) is 0 Å². The van der Waals surface area contributed by atoms with Crippen LogP contribution in [0.1, 0.15) is 29.8 Å². The second kappa shape index (κ2) is 4.85. The molecule has 3 nitrogen and oxygen atoms in total. The van der Waals surface area contributed by atoms with Crippen LogP contribution in [0.4, 0.5) is 5.69 Å². The lowest BCUT2D eigenvalue weighted by molar-refractivity contribution is -0.122. The zero-order valence-electron chi connectivity index (χ0n) is 12.2. The number of benzene rings is 2. The van der Waals surface area contributed by atoms with Crippen LogP contribution in [0.25, 0.3) is 0 Å². The topological polar surface area (TPSA) is 37.4 Å². The van der Waals surface area contributed by atoms with Gasteiger partial charge in [-0.15, -0.1) is 0 Å². The molecule has 0 spiro atoms. The first kappa shape index (κ1) is 13.6. The van der Waals surface area contributed by atoms with Crippen LogP contribution in [0.15, 0.2) is 54.6 Å². The molecular weight excluding hydrogens is 262 g/mol. The molecule has 106 valence electrons. The maximum absolute atomic E-state index is 12.6. The Labute approximate surface area is 124 Å². The SMILES string of the molecule is CC1(C)C(=O)N(CC(=O)c2ccccc2)c2ccccc21. The molecule has 2 aromatic carbocycles. The summed E-state index contributed by atoms with van der Waals surface area (Å²) in [6.07, 6.45) is 0. The lowest BCUT2D eigenvalue weighted by Crippen LogP contribution is -2.39. The minimum Gasteiger partial charge on any atom is -0.304 e. The monoisotopic (exact) mass is 279 g/mol. The zero-order chi connectivity index (χ0) is 15.0. The van der Waals surface area contributed by atoms with Gasteiger partial charge in [0.25, 0.3) is 0 Å². The molecule has 1 aliphatic rings. The standard InChI is InChI=1S/C18H17NO2/c1-18(2)14-10-6-7-11-15(14)19(17(18)21)12-16(20)13-8-4-3-5-9-13/h3-11H,12H2,1-2H3. The van der Waals surface area contributed by atoms with Gasteiger partial charge in [-0.3, -0.25) is 9.59 Å². The van der Waals surface area contributed by atoms with Crippen LogP contribution >= 0.6 is 0 Å². The van der Waals surface area contributed by atoms with Gasteiger partial charge in [-0.1, -0.05) is 48.5 Å². The number of hydrogen-bond acceptors (Lipinski definition) is 2. The van der Waals surface area contributed by atoms with Gasteiger partial charge in [-0.2, -0.15) is 0 Å². The molecule has 0 N–H and O–H groups in total. The van der Waals surface area contributed by atoms with E-state index < -0.39 is 5.41 Å². The van der Waals surface area contributed by atoms with E-state index in [9.17, 15) is 9.59 Å². The Morgan fingerprint density at radius 3 is 2.33 bits per heavy atom. The minimum atomic E-state index is -0.576. The third-order valence-corrected chi connectivity index (χ3v) is 4.05. The van der Waals surface area contributed by atoms with Gasteiger partial charge in [0.2, 0.25) is 5.91 Å². The van der Waals surface area contributed by atoms with Crippen molar-refractivity contribution in [3.8, 4) is 0 Å². The van der Waals surface area contributed by atoms with Gasteiger partial charge < -0.3 is 4.90 Å². The van der Waals surface area contributed by atoms with E-state index in [1.54, 1.807) is 17.0 Å². The number of fused-ring (bicyclic) bond motifs is 1. The number of Topliss-reactive ketones (excluding diaryl/α,β-unsaturated/α-hetero) is 1. The predicted molar refractivity (Wildman–Crippen MR) is 82.6 cm³/mol. The fourth-order valence-electron chi connectivity index (χ4n) is 2.82. The summed E-state index contributed by atoms with van der Waals surface area (Å²) in [6.45, 7) is 3.89. The second-order valence-electron chi connectivity index (χ2n) is 5.82. The summed E-state index contributed by atoms with van der Waals surface area (Å²) in [5.74, 6) is -0.0653. The molecule has 0 unspecified atom stereocenters. The van der Waals surface area contributed by atoms with Crippen molar-refractivity contribution < 1.29 is 9.59 Å². The highest BCUT2D eigenvalue weighted by atomic mass is 16.2. The van der Waals surface area contributed by atoms with Crippen LogP contribution in [-0.2, 0) is 10.2 Å². The molecule has 3 rings (SSSR count). The van der Waals surface area contributed by atoms with E-state index in [1.807, 2.05) is 56.3 Å². The summed E-state index contributed by atoms with van der Waals surface area (Å²) >= 11 is 0. The minimum absolute atomic E-state index is 0.0204. The Hall–Kier alpha value is -2.42. The Morgan fingerprint density at radius 1 is 1.00 bits per heavy atom. The Kier molecular flexibility index (Phi) is 3.13. The highest BCUT2D eigenvalue weighted by Gasteiger charge is 2.44. The number of nitrogens with zero attached hydrogens (tertiary/aromatic N) is 1. The van der Waals surface area contributed by atoms with Gasteiger partial charge in [0.1, 0.15) is 0 Å². The summed E-state index contributed by atoms with van der Waals surface area (Å²) in [5, 5.41) is 0. The summed E-state index contributed by atoms with van der Waals surface area (Å²) in [4.78, 5) is 26.6. The molecule has 0 saturated heterocycles. The summed E-state index contributed by atoms with van der Waals surface area (Å²) < 4.78 is 0. The first-order chi connectivity index (χ1) is 10.0. The number of para-hydroxylation sites is 1. The molecule has 0 fully saturated rings. The third-order valence-electron chi connectivity index (χ3n) is 4.05.